The van der Waals surface area contributed by atoms with Gasteiger partial charge in [0.05, 0.1) is 19.2 Å². The van der Waals surface area contributed by atoms with Gasteiger partial charge in [-0.05, 0) is 0 Å². The topological polar surface area (TPSA) is 60.8 Å². The molecule has 1 fully saturated rings. The molecule has 4 nitrogen and oxygen atoms in total. The molecule has 0 aromatic heterocycles. The fourth-order valence-corrected chi connectivity index (χ4v) is 1.17. The van der Waals surface area contributed by atoms with E-state index in [0.717, 1.165) is 4.90 Å². The zero-order valence-electron chi connectivity index (χ0n) is 5.90. The molecule has 2 N–H and O–H groups in total. The summed E-state index contributed by atoms with van der Waals surface area (Å²) in [5.41, 5.74) is 0. The number of β-amino-alcohol motifs (C(OH)–C–C–N with tert-alkyl or cyclic N) is 1. The smallest absolute Gasteiger partial charge is 0.407 e. The van der Waals surface area contributed by atoms with Crippen molar-refractivity contribution in [3.8, 4) is 0 Å². The Hall–Kier alpha value is -0.840. The van der Waals surface area contributed by atoms with E-state index in [-0.39, 0.29) is 19.5 Å². The summed E-state index contributed by atoms with van der Waals surface area (Å²) < 4.78 is 12.6. The van der Waals surface area contributed by atoms with Crippen LogP contribution < -0.4 is 0 Å². The number of hydrogen-bond acceptors (Lipinski definition) is 2. The SMILES string of the molecule is O=C(O)N1CC(O)CC(F)C1. The molecular formula is C6H10FNO3. The Morgan fingerprint density at radius 1 is 1.55 bits per heavy atom. The number of halogens is 1. The summed E-state index contributed by atoms with van der Waals surface area (Å²) in [6.07, 6.45) is -3.21. The number of amides is 1. The summed E-state index contributed by atoms with van der Waals surface area (Å²) in [5.74, 6) is 0. The molecule has 2 atom stereocenters. The Balaban J connectivity index is 2.49. The number of aliphatic hydroxyl groups is 1. The van der Waals surface area contributed by atoms with Crippen molar-refractivity contribution in [2.24, 2.45) is 0 Å². The first-order chi connectivity index (χ1) is 5.09. The first kappa shape index (κ1) is 8.26. The number of piperidine rings is 1. The van der Waals surface area contributed by atoms with Crippen LogP contribution in [0.25, 0.3) is 0 Å². The van der Waals surface area contributed by atoms with Crippen LogP contribution in [-0.2, 0) is 0 Å². The standard InChI is InChI=1S/C6H10FNO3/c7-4-1-5(9)3-8(2-4)6(10)11/h4-5,9H,1-3H2,(H,10,11). The predicted octanol–water partition coefficient (Wildman–Crippen LogP) is 0.0691. The van der Waals surface area contributed by atoms with Gasteiger partial charge < -0.3 is 15.1 Å². The highest BCUT2D eigenvalue weighted by Gasteiger charge is 2.28. The molecule has 0 saturated carbocycles. The van der Waals surface area contributed by atoms with Gasteiger partial charge in [-0.1, -0.05) is 0 Å². The number of alkyl halides is 1. The summed E-state index contributed by atoms with van der Waals surface area (Å²) in [7, 11) is 0. The third-order valence-electron chi connectivity index (χ3n) is 1.65. The summed E-state index contributed by atoms with van der Waals surface area (Å²) in [5, 5.41) is 17.4. The molecule has 11 heavy (non-hydrogen) atoms. The van der Waals surface area contributed by atoms with Crippen LogP contribution >= 0.6 is 0 Å². The Bertz CT molecular complexity index is 154. The van der Waals surface area contributed by atoms with Gasteiger partial charge >= 0.3 is 6.09 Å². The van der Waals surface area contributed by atoms with Gasteiger partial charge in [0.25, 0.3) is 0 Å². The van der Waals surface area contributed by atoms with Crippen molar-refractivity contribution in [1.82, 2.24) is 4.90 Å². The summed E-state index contributed by atoms with van der Waals surface area (Å²) >= 11 is 0. The van der Waals surface area contributed by atoms with Crippen LogP contribution in [0.15, 0.2) is 0 Å². The molecule has 1 rings (SSSR count). The van der Waals surface area contributed by atoms with Crippen LogP contribution in [0.2, 0.25) is 0 Å². The second-order valence-electron chi connectivity index (χ2n) is 2.67. The molecule has 0 aliphatic carbocycles. The highest BCUT2D eigenvalue weighted by atomic mass is 19.1. The molecule has 0 radical (unpaired) electrons. The van der Waals surface area contributed by atoms with E-state index in [0.29, 0.717) is 0 Å². The van der Waals surface area contributed by atoms with Gasteiger partial charge in [-0.25, -0.2) is 9.18 Å². The molecule has 1 saturated heterocycles. The maximum absolute atomic E-state index is 12.6. The second-order valence-corrected chi connectivity index (χ2v) is 2.67. The van der Waals surface area contributed by atoms with Gasteiger partial charge in [0.15, 0.2) is 0 Å². The van der Waals surface area contributed by atoms with Gasteiger partial charge in [-0.3, -0.25) is 0 Å². The minimum Gasteiger partial charge on any atom is -0.465 e. The Morgan fingerprint density at radius 3 is 2.64 bits per heavy atom. The number of aliphatic hydroxyl groups excluding tert-OH is 1. The summed E-state index contributed by atoms with van der Waals surface area (Å²) in [6, 6.07) is 0. The molecule has 0 spiro atoms. The average Bonchev–Trinajstić information content (AvgIpc) is 1.85. The van der Waals surface area contributed by atoms with E-state index in [4.69, 9.17) is 10.2 Å². The van der Waals surface area contributed by atoms with E-state index < -0.39 is 18.4 Å². The normalized spacial score (nSPS) is 32.0. The molecule has 64 valence electrons. The number of hydrogen-bond donors (Lipinski definition) is 2. The van der Waals surface area contributed by atoms with Crippen LogP contribution in [0.3, 0.4) is 0 Å². The lowest BCUT2D eigenvalue weighted by atomic mass is 10.1. The maximum atomic E-state index is 12.6. The third kappa shape index (κ3) is 2.04. The molecule has 0 bridgehead atoms. The first-order valence-corrected chi connectivity index (χ1v) is 3.39. The molecule has 5 heteroatoms. The van der Waals surface area contributed by atoms with Gasteiger partial charge in [0.1, 0.15) is 6.17 Å². The van der Waals surface area contributed by atoms with Gasteiger partial charge in [-0.15, -0.1) is 0 Å². The summed E-state index contributed by atoms with van der Waals surface area (Å²) in [4.78, 5) is 11.2. The van der Waals surface area contributed by atoms with E-state index in [1.54, 1.807) is 0 Å². The van der Waals surface area contributed by atoms with E-state index in [2.05, 4.69) is 0 Å². The number of nitrogens with zero attached hydrogens (tertiary/aromatic N) is 1. The summed E-state index contributed by atoms with van der Waals surface area (Å²) in [6.45, 7) is -0.0951. The number of carbonyl (C=O) groups is 1. The Labute approximate surface area is 63.2 Å². The Morgan fingerprint density at radius 2 is 2.18 bits per heavy atom. The van der Waals surface area contributed by atoms with Gasteiger partial charge in [0.2, 0.25) is 0 Å². The third-order valence-corrected chi connectivity index (χ3v) is 1.65. The fraction of sp³-hybridized carbons (Fsp3) is 0.833. The first-order valence-electron chi connectivity index (χ1n) is 3.39. The molecule has 1 heterocycles. The lowest BCUT2D eigenvalue weighted by molar-refractivity contribution is 0.0288. The molecule has 1 aliphatic heterocycles. The van der Waals surface area contributed by atoms with Crippen LogP contribution in [-0.4, -0.2) is 46.6 Å². The van der Waals surface area contributed by atoms with Crippen LogP contribution in [0.1, 0.15) is 6.42 Å². The van der Waals surface area contributed by atoms with E-state index >= 15 is 0 Å². The highest BCUT2D eigenvalue weighted by molar-refractivity contribution is 5.65. The Kier molecular flexibility index (Phi) is 2.28. The largest absolute Gasteiger partial charge is 0.465 e. The molecular weight excluding hydrogens is 153 g/mol. The van der Waals surface area contributed by atoms with Crippen molar-refractivity contribution in [3.63, 3.8) is 0 Å². The number of rotatable bonds is 0. The number of carboxylic acid groups (broad SMARTS) is 1. The average molecular weight is 163 g/mol. The molecule has 0 aromatic carbocycles. The molecule has 0 aromatic rings. The lowest BCUT2D eigenvalue weighted by Gasteiger charge is -2.29. The van der Waals surface area contributed by atoms with Crippen molar-refractivity contribution >= 4 is 6.09 Å². The zero-order valence-corrected chi connectivity index (χ0v) is 5.90. The lowest BCUT2D eigenvalue weighted by Crippen LogP contribution is -2.46. The monoisotopic (exact) mass is 163 g/mol. The van der Waals surface area contributed by atoms with Crippen molar-refractivity contribution < 1.29 is 19.4 Å². The second kappa shape index (κ2) is 3.04. The maximum Gasteiger partial charge on any atom is 0.407 e. The number of likely N-dealkylation sites (tertiary alicyclic amines) is 1. The quantitative estimate of drug-likeness (QED) is 0.531. The van der Waals surface area contributed by atoms with Crippen LogP contribution in [0.4, 0.5) is 9.18 Å². The predicted molar refractivity (Wildman–Crippen MR) is 35.1 cm³/mol. The molecule has 1 aliphatic rings. The molecule has 1 amide bonds. The van der Waals surface area contributed by atoms with Crippen molar-refractivity contribution in [2.75, 3.05) is 13.1 Å². The minimum absolute atomic E-state index is 0.0236. The van der Waals surface area contributed by atoms with Crippen molar-refractivity contribution in [3.05, 3.63) is 0 Å². The van der Waals surface area contributed by atoms with E-state index in [9.17, 15) is 9.18 Å². The highest BCUT2D eigenvalue weighted by Crippen LogP contribution is 2.13. The van der Waals surface area contributed by atoms with Crippen LogP contribution in [0.5, 0.6) is 0 Å². The fourth-order valence-electron chi connectivity index (χ4n) is 1.17. The molecule has 2 unspecified atom stereocenters. The zero-order chi connectivity index (χ0) is 8.43. The van der Waals surface area contributed by atoms with Crippen molar-refractivity contribution in [1.29, 1.82) is 0 Å². The van der Waals surface area contributed by atoms with Gasteiger partial charge in [-0.2, -0.15) is 0 Å². The van der Waals surface area contributed by atoms with Gasteiger partial charge in [0, 0.05) is 6.42 Å². The van der Waals surface area contributed by atoms with Crippen LogP contribution in [0, 0.1) is 0 Å². The minimum atomic E-state index is -1.23. The van der Waals surface area contributed by atoms with E-state index in [1.807, 2.05) is 0 Å². The van der Waals surface area contributed by atoms with Crippen molar-refractivity contribution in [2.45, 2.75) is 18.7 Å². The van der Waals surface area contributed by atoms with E-state index in [1.165, 1.54) is 0 Å².